The monoisotopic (exact) mass is 186 g/mol. The van der Waals surface area contributed by atoms with Crippen molar-refractivity contribution in [1.29, 1.82) is 0 Å². The molecule has 0 aromatic rings. The van der Waals surface area contributed by atoms with Gasteiger partial charge in [0.25, 0.3) is 0 Å². The molecule has 0 aromatic heterocycles. The Kier molecular flexibility index (Phi) is 12.3. The maximum absolute atomic E-state index is 2.22. The largest absolute Gasteiger partial charge is 0.344 e. The summed E-state index contributed by atoms with van der Waals surface area (Å²) in [5, 5.41) is 0. The van der Waals surface area contributed by atoms with Crippen LogP contribution in [0.5, 0.6) is 0 Å². The summed E-state index contributed by atoms with van der Waals surface area (Å²) in [4.78, 5) is 2.22. The molecule has 0 bridgehead atoms. The fourth-order valence-electron chi connectivity index (χ4n) is 0.641. The molecule has 64 valence electrons. The Morgan fingerprint density at radius 3 is 1.70 bits per heavy atom. The van der Waals surface area contributed by atoms with E-state index in [1.807, 2.05) is 0 Å². The molecule has 0 saturated carbocycles. The van der Waals surface area contributed by atoms with E-state index < -0.39 is 0 Å². The number of hydrogen-bond donors (Lipinski definition) is 1. The molecule has 4 heteroatoms. The molecule has 0 spiro atoms. The molecule has 1 atom stereocenters. The van der Waals surface area contributed by atoms with Crippen LogP contribution < -0.4 is 6.15 Å². The van der Waals surface area contributed by atoms with E-state index in [9.17, 15) is 0 Å². The van der Waals surface area contributed by atoms with Gasteiger partial charge in [-0.15, -0.1) is 24.8 Å². The first-order valence-electron chi connectivity index (χ1n) is 2.64. The van der Waals surface area contributed by atoms with Gasteiger partial charge in [0.05, 0.1) is 0 Å². The first kappa shape index (κ1) is 16.7. The second-order valence-electron chi connectivity index (χ2n) is 2.19. The zero-order chi connectivity index (χ0) is 5.28. The topological polar surface area (TPSA) is 38.2 Å². The fourth-order valence-corrected chi connectivity index (χ4v) is 0.641. The van der Waals surface area contributed by atoms with Gasteiger partial charge < -0.3 is 11.1 Å². The van der Waals surface area contributed by atoms with Crippen molar-refractivity contribution in [3.05, 3.63) is 12.2 Å². The van der Waals surface area contributed by atoms with Gasteiger partial charge in [0.1, 0.15) is 0 Å². The first-order chi connectivity index (χ1) is 3.30. The average molecular weight is 187 g/mol. The van der Waals surface area contributed by atoms with Crippen molar-refractivity contribution in [2.24, 2.45) is 0 Å². The van der Waals surface area contributed by atoms with E-state index >= 15 is 0 Å². The lowest BCUT2D eigenvalue weighted by atomic mass is 10.0. The van der Waals surface area contributed by atoms with Crippen LogP contribution in [0.2, 0.25) is 0 Å². The molecular weight excluding hydrogens is 171 g/mol. The molecule has 0 heterocycles. The Labute approximate surface area is 75.1 Å². The van der Waals surface area contributed by atoms with Gasteiger partial charge in [-0.3, -0.25) is 0 Å². The fraction of sp³-hybridized carbons (Fsp3) is 0.667. The highest BCUT2D eigenvalue weighted by atomic mass is 35.5. The Morgan fingerprint density at radius 1 is 1.30 bits per heavy atom. The molecule has 1 rings (SSSR count). The maximum atomic E-state index is 2.22. The summed E-state index contributed by atoms with van der Waals surface area (Å²) in [7, 11) is 4.21. The van der Waals surface area contributed by atoms with Crippen molar-refractivity contribution >= 4 is 24.8 Å². The van der Waals surface area contributed by atoms with Crippen LogP contribution in [0.1, 0.15) is 6.42 Å². The van der Waals surface area contributed by atoms with Crippen LogP contribution in [-0.2, 0) is 0 Å². The van der Waals surface area contributed by atoms with Gasteiger partial charge in [-0.05, 0) is 20.5 Å². The van der Waals surface area contributed by atoms with E-state index in [-0.39, 0.29) is 31.0 Å². The highest BCUT2D eigenvalue weighted by Crippen LogP contribution is 2.11. The van der Waals surface area contributed by atoms with E-state index in [1.165, 1.54) is 6.42 Å². The van der Waals surface area contributed by atoms with Crippen LogP contribution in [0, 0.1) is 0 Å². The second kappa shape index (κ2) is 7.35. The Bertz CT molecular complexity index is 93.7. The molecule has 3 N–H and O–H groups in total. The zero-order valence-corrected chi connectivity index (χ0v) is 8.04. The van der Waals surface area contributed by atoms with Crippen LogP contribution in [-0.4, -0.2) is 25.0 Å². The van der Waals surface area contributed by atoms with Crippen molar-refractivity contribution in [3.63, 3.8) is 0 Å². The Balaban J connectivity index is -0.000000163. The third-order valence-electron chi connectivity index (χ3n) is 1.40. The first-order valence-corrected chi connectivity index (χ1v) is 2.64. The number of hydrogen-bond acceptors (Lipinski definition) is 2. The molecule has 0 radical (unpaired) electrons. The third kappa shape index (κ3) is 4.12. The zero-order valence-electron chi connectivity index (χ0n) is 6.41. The molecule has 10 heavy (non-hydrogen) atoms. The van der Waals surface area contributed by atoms with Gasteiger partial charge in [0, 0.05) is 6.04 Å². The predicted octanol–water partition coefficient (Wildman–Crippen LogP) is 1.88. The summed E-state index contributed by atoms with van der Waals surface area (Å²) >= 11 is 0. The highest BCUT2D eigenvalue weighted by molar-refractivity contribution is 5.85. The third-order valence-corrected chi connectivity index (χ3v) is 1.40. The predicted molar refractivity (Wildman–Crippen MR) is 50.8 cm³/mol. The normalized spacial score (nSPS) is 19.7. The van der Waals surface area contributed by atoms with E-state index in [1.54, 1.807) is 0 Å². The lowest BCUT2D eigenvalue weighted by molar-refractivity contribution is 0.327. The number of nitrogens with zero attached hydrogens (tertiary/aromatic N) is 1. The van der Waals surface area contributed by atoms with Crippen LogP contribution in [0.4, 0.5) is 0 Å². The quantitative estimate of drug-likeness (QED) is 0.636. The number of likely N-dealkylation sites (N-methyl/N-ethyl adjacent to an activating group) is 1. The van der Waals surface area contributed by atoms with Crippen molar-refractivity contribution in [2.75, 3.05) is 14.1 Å². The second-order valence-corrected chi connectivity index (χ2v) is 2.19. The summed E-state index contributed by atoms with van der Waals surface area (Å²) in [5.41, 5.74) is 0. The van der Waals surface area contributed by atoms with Gasteiger partial charge in [-0.25, -0.2) is 0 Å². The molecule has 0 amide bonds. The van der Waals surface area contributed by atoms with E-state index in [0.717, 1.165) is 6.04 Å². The molecule has 0 saturated heterocycles. The van der Waals surface area contributed by atoms with E-state index in [0.29, 0.717) is 0 Å². The minimum Gasteiger partial charge on any atom is -0.344 e. The highest BCUT2D eigenvalue weighted by Gasteiger charge is 2.10. The van der Waals surface area contributed by atoms with Gasteiger partial charge >= 0.3 is 0 Å². The van der Waals surface area contributed by atoms with Crippen LogP contribution in [0.15, 0.2) is 12.2 Å². The summed E-state index contributed by atoms with van der Waals surface area (Å²) in [6.07, 6.45) is 5.66. The smallest absolute Gasteiger partial charge is 0.0306 e. The molecule has 0 aliphatic heterocycles. The summed E-state index contributed by atoms with van der Waals surface area (Å²) in [6, 6.07) is 0.736. The molecule has 1 unspecified atom stereocenters. The van der Waals surface area contributed by atoms with Crippen LogP contribution in [0.3, 0.4) is 0 Å². The maximum Gasteiger partial charge on any atom is 0.0306 e. The average Bonchev–Trinajstić information content (AvgIpc) is 1.23. The van der Waals surface area contributed by atoms with Crippen LogP contribution in [0.25, 0.3) is 0 Å². The summed E-state index contributed by atoms with van der Waals surface area (Å²) in [6.45, 7) is 0. The van der Waals surface area contributed by atoms with E-state index in [4.69, 9.17) is 0 Å². The van der Waals surface area contributed by atoms with Gasteiger partial charge in [0.2, 0.25) is 0 Å². The molecule has 0 fully saturated rings. The molecule has 2 nitrogen and oxygen atoms in total. The SMILES string of the molecule is CN(C)C1C=CC1.Cl.Cl.N. The molecular formula is C6H16Cl2N2. The Hall–Kier alpha value is 0.240. The van der Waals surface area contributed by atoms with Crippen molar-refractivity contribution in [3.8, 4) is 0 Å². The van der Waals surface area contributed by atoms with Gasteiger partial charge in [-0.2, -0.15) is 0 Å². The number of rotatable bonds is 1. The summed E-state index contributed by atoms with van der Waals surface area (Å²) in [5.74, 6) is 0. The van der Waals surface area contributed by atoms with E-state index in [2.05, 4.69) is 31.1 Å². The van der Waals surface area contributed by atoms with Crippen molar-refractivity contribution in [1.82, 2.24) is 11.1 Å². The standard InChI is InChI=1S/C6H11N.2ClH.H3N/c1-7(2)6-4-3-5-6;;;/h3-4,6H,5H2,1-2H3;2*1H;1H3. The van der Waals surface area contributed by atoms with Crippen molar-refractivity contribution in [2.45, 2.75) is 12.5 Å². The molecule has 1 aliphatic carbocycles. The molecule has 1 aliphatic rings. The lowest BCUT2D eigenvalue weighted by Gasteiger charge is -2.24. The van der Waals surface area contributed by atoms with Crippen molar-refractivity contribution < 1.29 is 0 Å². The lowest BCUT2D eigenvalue weighted by Crippen LogP contribution is -2.29. The minimum atomic E-state index is 0. The van der Waals surface area contributed by atoms with Gasteiger partial charge in [0.15, 0.2) is 0 Å². The van der Waals surface area contributed by atoms with Crippen LogP contribution >= 0.6 is 24.8 Å². The van der Waals surface area contributed by atoms with Gasteiger partial charge in [-0.1, -0.05) is 12.2 Å². The Morgan fingerprint density at radius 2 is 1.70 bits per heavy atom. The summed E-state index contributed by atoms with van der Waals surface area (Å²) < 4.78 is 0. The minimum absolute atomic E-state index is 0. The number of halogens is 2. The molecule has 0 aromatic carbocycles.